The van der Waals surface area contributed by atoms with Gasteiger partial charge in [-0.05, 0) is 25.5 Å². The van der Waals surface area contributed by atoms with Crippen LogP contribution in [-0.4, -0.2) is 14.5 Å². The van der Waals surface area contributed by atoms with E-state index in [9.17, 15) is 8.42 Å². The van der Waals surface area contributed by atoms with Crippen LogP contribution in [0.25, 0.3) is 0 Å². The summed E-state index contributed by atoms with van der Waals surface area (Å²) in [6.45, 7) is 3.77. The van der Waals surface area contributed by atoms with Crippen LogP contribution in [0, 0.1) is 11.3 Å². The fraction of sp³-hybridized carbons (Fsp3) is 0.364. The van der Waals surface area contributed by atoms with Gasteiger partial charge in [0.25, 0.3) is 0 Å². The third-order valence-electron chi connectivity index (χ3n) is 2.31. The minimum atomic E-state index is -3.91. The van der Waals surface area contributed by atoms with Crippen LogP contribution in [0.4, 0.5) is 0 Å². The smallest absolute Gasteiger partial charge is 0.239 e. The van der Waals surface area contributed by atoms with Gasteiger partial charge in [0, 0.05) is 0 Å². The predicted octanol–water partition coefficient (Wildman–Crippen LogP) is 1.54. The standard InChI is InChI=1S/C11H14N2O3S.H3N/c1-3-8(2)16-10-5-4-6-11(9(10)7-12)17(13,14)15;/h4-6,8H,3H2,1-2H3,(H2,13,14,15);1H3. The summed E-state index contributed by atoms with van der Waals surface area (Å²) < 4.78 is 28.1. The number of ether oxygens (including phenoxy) is 1. The van der Waals surface area contributed by atoms with Crippen molar-refractivity contribution in [1.29, 1.82) is 5.26 Å². The number of nitrogens with zero attached hydrogens (tertiary/aromatic N) is 1. The van der Waals surface area contributed by atoms with Gasteiger partial charge < -0.3 is 10.9 Å². The first kappa shape index (κ1) is 16.4. The maximum Gasteiger partial charge on any atom is 0.239 e. The molecule has 1 rings (SSSR count). The van der Waals surface area contributed by atoms with Gasteiger partial charge in [0.1, 0.15) is 22.3 Å². The van der Waals surface area contributed by atoms with Crippen molar-refractivity contribution in [3.05, 3.63) is 23.8 Å². The molecule has 1 atom stereocenters. The van der Waals surface area contributed by atoms with E-state index in [1.54, 1.807) is 6.07 Å². The second kappa shape index (κ2) is 6.35. The average molecular weight is 271 g/mol. The Morgan fingerprint density at radius 3 is 2.56 bits per heavy atom. The van der Waals surface area contributed by atoms with Gasteiger partial charge >= 0.3 is 0 Å². The number of rotatable bonds is 4. The maximum atomic E-state index is 11.3. The van der Waals surface area contributed by atoms with Gasteiger partial charge in [-0.2, -0.15) is 5.26 Å². The summed E-state index contributed by atoms with van der Waals surface area (Å²) in [6.07, 6.45) is 0.655. The van der Waals surface area contributed by atoms with Crippen LogP contribution in [-0.2, 0) is 10.0 Å². The molecule has 0 bridgehead atoms. The van der Waals surface area contributed by atoms with Gasteiger partial charge in [-0.1, -0.05) is 13.0 Å². The number of nitrogens with two attached hydrogens (primary N) is 1. The van der Waals surface area contributed by atoms with Crippen molar-refractivity contribution in [2.45, 2.75) is 31.3 Å². The minimum Gasteiger partial charge on any atom is -0.489 e. The largest absolute Gasteiger partial charge is 0.489 e. The molecule has 1 aromatic carbocycles. The zero-order chi connectivity index (χ0) is 13.1. The van der Waals surface area contributed by atoms with E-state index in [4.69, 9.17) is 15.1 Å². The molecule has 0 aliphatic rings. The molecule has 0 aliphatic heterocycles. The number of primary sulfonamides is 1. The summed E-state index contributed by atoms with van der Waals surface area (Å²) in [7, 11) is -3.91. The number of sulfonamides is 1. The van der Waals surface area contributed by atoms with Crippen LogP contribution in [0.2, 0.25) is 0 Å². The quantitative estimate of drug-likeness (QED) is 0.858. The number of hydrogen-bond donors (Lipinski definition) is 2. The van der Waals surface area contributed by atoms with Crippen molar-refractivity contribution in [2.24, 2.45) is 5.14 Å². The van der Waals surface area contributed by atoms with Gasteiger partial charge in [-0.15, -0.1) is 0 Å². The maximum absolute atomic E-state index is 11.3. The molecule has 0 radical (unpaired) electrons. The van der Waals surface area contributed by atoms with Crippen LogP contribution in [0.1, 0.15) is 25.8 Å². The molecule has 1 aromatic rings. The van der Waals surface area contributed by atoms with Crippen molar-refractivity contribution in [3.8, 4) is 11.8 Å². The Morgan fingerprint density at radius 1 is 1.50 bits per heavy atom. The van der Waals surface area contributed by atoms with Crippen molar-refractivity contribution in [3.63, 3.8) is 0 Å². The molecular formula is C11H17N3O3S. The lowest BCUT2D eigenvalue weighted by Crippen LogP contribution is -2.16. The highest BCUT2D eigenvalue weighted by Crippen LogP contribution is 2.25. The van der Waals surface area contributed by atoms with E-state index >= 15 is 0 Å². The van der Waals surface area contributed by atoms with E-state index in [1.165, 1.54) is 12.1 Å². The van der Waals surface area contributed by atoms with Crippen LogP contribution < -0.4 is 16.0 Å². The minimum absolute atomic E-state index is 0. The third-order valence-corrected chi connectivity index (χ3v) is 3.26. The molecule has 6 nitrogen and oxygen atoms in total. The third kappa shape index (κ3) is 3.70. The van der Waals surface area contributed by atoms with Crippen LogP contribution in [0.5, 0.6) is 5.75 Å². The fourth-order valence-electron chi connectivity index (χ4n) is 1.26. The number of nitriles is 1. The van der Waals surface area contributed by atoms with Crippen LogP contribution >= 0.6 is 0 Å². The fourth-order valence-corrected chi connectivity index (χ4v) is 1.96. The van der Waals surface area contributed by atoms with Gasteiger partial charge in [-0.25, -0.2) is 13.6 Å². The second-order valence-electron chi connectivity index (χ2n) is 3.62. The molecule has 0 aliphatic carbocycles. The Kier molecular flexibility index (Phi) is 5.78. The molecule has 0 amide bonds. The lowest BCUT2D eigenvalue weighted by Gasteiger charge is -2.14. The van der Waals surface area contributed by atoms with Crippen molar-refractivity contribution in [2.75, 3.05) is 0 Å². The van der Waals surface area contributed by atoms with E-state index in [0.29, 0.717) is 0 Å². The highest BCUT2D eigenvalue weighted by atomic mass is 32.2. The van der Waals surface area contributed by atoms with Crippen molar-refractivity contribution < 1.29 is 13.2 Å². The first-order valence-corrected chi connectivity index (χ1v) is 6.67. The molecular weight excluding hydrogens is 254 g/mol. The molecule has 0 fully saturated rings. The number of hydrogen-bond acceptors (Lipinski definition) is 5. The summed E-state index contributed by atoms with van der Waals surface area (Å²) in [5.74, 6) is 0.244. The zero-order valence-electron chi connectivity index (χ0n) is 10.4. The SMILES string of the molecule is CCC(C)Oc1cccc(S(N)(=O)=O)c1C#N.N. The van der Waals surface area contributed by atoms with Gasteiger partial charge in [0.05, 0.1) is 6.10 Å². The van der Waals surface area contributed by atoms with E-state index in [0.717, 1.165) is 6.42 Å². The molecule has 0 spiro atoms. The van der Waals surface area contributed by atoms with Gasteiger partial charge in [-0.3, -0.25) is 0 Å². The molecule has 1 unspecified atom stereocenters. The monoisotopic (exact) mass is 271 g/mol. The van der Waals surface area contributed by atoms with E-state index < -0.39 is 10.0 Å². The van der Waals surface area contributed by atoms with E-state index in [1.807, 2.05) is 19.9 Å². The molecule has 0 aromatic heterocycles. The molecule has 0 saturated heterocycles. The Hall–Kier alpha value is -1.62. The van der Waals surface area contributed by atoms with Gasteiger partial charge in [0.2, 0.25) is 10.0 Å². The van der Waals surface area contributed by atoms with Crippen molar-refractivity contribution in [1.82, 2.24) is 6.15 Å². The summed E-state index contributed by atoms with van der Waals surface area (Å²) in [5, 5.41) is 14.0. The Balaban J connectivity index is 0.00000289. The van der Waals surface area contributed by atoms with Crippen molar-refractivity contribution >= 4 is 10.0 Å². The van der Waals surface area contributed by atoms with E-state index in [2.05, 4.69) is 0 Å². The normalized spacial score (nSPS) is 12.1. The predicted molar refractivity (Wildman–Crippen MR) is 67.9 cm³/mol. The Bertz CT molecular complexity index is 549. The zero-order valence-corrected chi connectivity index (χ0v) is 11.2. The molecule has 5 N–H and O–H groups in total. The summed E-state index contributed by atoms with van der Waals surface area (Å²) >= 11 is 0. The molecule has 100 valence electrons. The molecule has 0 heterocycles. The van der Waals surface area contributed by atoms with Crippen LogP contribution in [0.3, 0.4) is 0 Å². The van der Waals surface area contributed by atoms with E-state index in [-0.39, 0.29) is 28.5 Å². The molecule has 18 heavy (non-hydrogen) atoms. The summed E-state index contributed by atoms with van der Waals surface area (Å²) in [5.41, 5.74) is -0.0460. The molecule has 7 heteroatoms. The number of benzene rings is 1. The topological polar surface area (TPSA) is 128 Å². The summed E-state index contributed by atoms with van der Waals surface area (Å²) in [4.78, 5) is -0.208. The lowest BCUT2D eigenvalue weighted by atomic mass is 10.2. The molecule has 0 saturated carbocycles. The van der Waals surface area contributed by atoms with Gasteiger partial charge in [0.15, 0.2) is 0 Å². The van der Waals surface area contributed by atoms with Crippen LogP contribution in [0.15, 0.2) is 23.1 Å². The Morgan fingerprint density at radius 2 is 2.11 bits per heavy atom. The highest BCUT2D eigenvalue weighted by Gasteiger charge is 2.18. The summed E-state index contributed by atoms with van der Waals surface area (Å²) in [6, 6.07) is 6.16. The first-order chi connectivity index (χ1) is 7.90. The highest BCUT2D eigenvalue weighted by molar-refractivity contribution is 7.89. The average Bonchev–Trinajstić information content (AvgIpc) is 2.27. The first-order valence-electron chi connectivity index (χ1n) is 5.12. The Labute approximate surface area is 107 Å². The second-order valence-corrected chi connectivity index (χ2v) is 5.15. The lowest BCUT2D eigenvalue weighted by molar-refractivity contribution is 0.216.